The molecule has 1 fully saturated rings. The summed E-state index contributed by atoms with van der Waals surface area (Å²) in [6.07, 6.45) is 4.40. The molecule has 1 N–H and O–H groups in total. The molecule has 106 valence electrons. The number of nitrogens with zero attached hydrogens (tertiary/aromatic N) is 4. The Kier molecular flexibility index (Phi) is 4.87. The molecule has 0 bridgehead atoms. The van der Waals surface area contributed by atoms with Gasteiger partial charge in [0.15, 0.2) is 5.16 Å². The van der Waals surface area contributed by atoms with Crippen molar-refractivity contribution >= 4 is 23.4 Å². The van der Waals surface area contributed by atoms with Crippen molar-refractivity contribution < 1.29 is 0 Å². The summed E-state index contributed by atoms with van der Waals surface area (Å²) in [6, 6.07) is 2.60. The molecule has 0 atom stereocenters. The van der Waals surface area contributed by atoms with E-state index in [9.17, 15) is 0 Å². The first kappa shape index (κ1) is 14.4. The molecule has 0 amide bonds. The van der Waals surface area contributed by atoms with E-state index in [2.05, 4.69) is 39.2 Å². The van der Waals surface area contributed by atoms with Crippen molar-refractivity contribution in [3.05, 3.63) is 6.07 Å². The first-order valence-corrected chi connectivity index (χ1v) is 7.88. The Labute approximate surface area is 119 Å². The van der Waals surface area contributed by atoms with E-state index in [1.54, 1.807) is 11.8 Å². The van der Waals surface area contributed by atoms with Crippen molar-refractivity contribution in [2.45, 2.75) is 24.0 Å². The van der Waals surface area contributed by atoms with Gasteiger partial charge in [-0.25, -0.2) is 9.97 Å². The van der Waals surface area contributed by atoms with Crippen LogP contribution < -0.4 is 10.2 Å². The van der Waals surface area contributed by atoms with Gasteiger partial charge in [0.05, 0.1) is 0 Å². The Bertz CT molecular complexity index is 395. The first-order valence-electron chi connectivity index (χ1n) is 6.66. The van der Waals surface area contributed by atoms with E-state index in [1.165, 1.54) is 12.8 Å². The fourth-order valence-corrected chi connectivity index (χ4v) is 2.76. The normalized spacial score (nSPS) is 17.5. The fourth-order valence-electron chi connectivity index (χ4n) is 2.38. The van der Waals surface area contributed by atoms with Crippen LogP contribution in [0, 0.1) is 0 Å². The molecule has 0 unspecified atom stereocenters. The third kappa shape index (κ3) is 3.51. The minimum atomic E-state index is 0.575. The SMILES string of the molecule is CNc1cc(N(C)C2CCN(C)CC2)nc(SC)n1. The number of hydrogen-bond donors (Lipinski definition) is 1. The van der Waals surface area contributed by atoms with Crippen LogP contribution >= 0.6 is 11.8 Å². The first-order chi connectivity index (χ1) is 9.13. The predicted octanol–water partition coefficient (Wildman–Crippen LogP) is 1.77. The molecule has 1 aliphatic rings. The van der Waals surface area contributed by atoms with Gasteiger partial charge >= 0.3 is 0 Å². The molecule has 1 aliphatic heterocycles. The molecule has 19 heavy (non-hydrogen) atoms. The van der Waals surface area contributed by atoms with Gasteiger partial charge in [-0.05, 0) is 39.2 Å². The van der Waals surface area contributed by atoms with E-state index in [1.807, 2.05) is 19.4 Å². The lowest BCUT2D eigenvalue weighted by molar-refractivity contribution is 0.252. The number of anilines is 2. The number of thioether (sulfide) groups is 1. The molecule has 0 spiro atoms. The zero-order chi connectivity index (χ0) is 13.8. The van der Waals surface area contributed by atoms with Gasteiger partial charge in [0.25, 0.3) is 0 Å². The maximum Gasteiger partial charge on any atom is 0.191 e. The zero-order valence-electron chi connectivity index (χ0n) is 12.2. The fraction of sp³-hybridized carbons (Fsp3) is 0.692. The highest BCUT2D eigenvalue weighted by Crippen LogP contribution is 2.24. The van der Waals surface area contributed by atoms with Crippen LogP contribution in [0.2, 0.25) is 0 Å². The van der Waals surface area contributed by atoms with Crippen LogP contribution in [0.5, 0.6) is 0 Å². The summed E-state index contributed by atoms with van der Waals surface area (Å²) in [6.45, 7) is 2.32. The molecule has 0 aliphatic carbocycles. The Balaban J connectivity index is 2.15. The van der Waals surface area contributed by atoms with Crippen LogP contribution in [0.4, 0.5) is 11.6 Å². The molecule has 5 nitrogen and oxygen atoms in total. The number of nitrogens with one attached hydrogen (secondary N) is 1. The van der Waals surface area contributed by atoms with Gasteiger partial charge in [0.1, 0.15) is 11.6 Å². The van der Waals surface area contributed by atoms with Gasteiger partial charge in [0, 0.05) is 26.2 Å². The minimum absolute atomic E-state index is 0.575. The highest BCUT2D eigenvalue weighted by atomic mass is 32.2. The second-order valence-corrected chi connectivity index (χ2v) is 5.77. The van der Waals surface area contributed by atoms with E-state index in [0.29, 0.717) is 6.04 Å². The van der Waals surface area contributed by atoms with Gasteiger partial charge < -0.3 is 15.1 Å². The van der Waals surface area contributed by atoms with Crippen molar-refractivity contribution in [1.29, 1.82) is 0 Å². The maximum absolute atomic E-state index is 4.62. The van der Waals surface area contributed by atoms with Gasteiger partial charge in [-0.3, -0.25) is 0 Å². The van der Waals surface area contributed by atoms with Crippen LogP contribution in [0.3, 0.4) is 0 Å². The summed E-state index contributed by atoms with van der Waals surface area (Å²) in [7, 11) is 6.22. The zero-order valence-corrected chi connectivity index (χ0v) is 13.0. The molecule has 6 heteroatoms. The van der Waals surface area contributed by atoms with Crippen molar-refractivity contribution in [3.63, 3.8) is 0 Å². The van der Waals surface area contributed by atoms with Crippen LogP contribution in [-0.2, 0) is 0 Å². The molecule has 0 radical (unpaired) electrons. The molecule has 1 aromatic heterocycles. The lowest BCUT2D eigenvalue weighted by Gasteiger charge is -2.35. The largest absolute Gasteiger partial charge is 0.373 e. The summed E-state index contributed by atoms with van der Waals surface area (Å²) in [5, 5.41) is 3.93. The van der Waals surface area contributed by atoms with E-state index >= 15 is 0 Å². The van der Waals surface area contributed by atoms with Gasteiger partial charge in [-0.1, -0.05) is 11.8 Å². The number of piperidine rings is 1. The van der Waals surface area contributed by atoms with Crippen molar-refractivity contribution in [2.75, 3.05) is 50.7 Å². The molecule has 0 saturated carbocycles. The van der Waals surface area contributed by atoms with Crippen LogP contribution in [-0.4, -0.2) is 61.4 Å². The van der Waals surface area contributed by atoms with E-state index in [0.717, 1.165) is 29.9 Å². The summed E-state index contributed by atoms with van der Waals surface area (Å²) in [5.74, 6) is 1.90. The third-order valence-electron chi connectivity index (χ3n) is 3.73. The summed E-state index contributed by atoms with van der Waals surface area (Å²) < 4.78 is 0. The van der Waals surface area contributed by atoms with Gasteiger partial charge in [-0.15, -0.1) is 0 Å². The number of rotatable bonds is 4. The smallest absolute Gasteiger partial charge is 0.191 e. The van der Waals surface area contributed by atoms with E-state index < -0.39 is 0 Å². The minimum Gasteiger partial charge on any atom is -0.373 e. The molecule has 1 aromatic rings. The number of hydrogen-bond acceptors (Lipinski definition) is 6. The number of aromatic nitrogens is 2. The maximum atomic E-state index is 4.62. The monoisotopic (exact) mass is 281 g/mol. The second-order valence-electron chi connectivity index (χ2n) is 4.99. The third-order valence-corrected chi connectivity index (χ3v) is 4.28. The number of likely N-dealkylation sites (tertiary alicyclic amines) is 1. The molecule has 2 rings (SSSR count). The van der Waals surface area contributed by atoms with Crippen LogP contribution in [0.15, 0.2) is 11.2 Å². The molecule has 2 heterocycles. The quantitative estimate of drug-likeness (QED) is 0.670. The highest BCUT2D eigenvalue weighted by Gasteiger charge is 2.22. The summed E-state index contributed by atoms with van der Waals surface area (Å²) in [4.78, 5) is 13.7. The molecule has 1 saturated heterocycles. The van der Waals surface area contributed by atoms with E-state index in [-0.39, 0.29) is 0 Å². The van der Waals surface area contributed by atoms with Crippen molar-refractivity contribution in [1.82, 2.24) is 14.9 Å². The van der Waals surface area contributed by atoms with Gasteiger partial charge in [-0.2, -0.15) is 0 Å². The summed E-state index contributed by atoms with van der Waals surface area (Å²) >= 11 is 1.58. The molecule has 0 aromatic carbocycles. The molecular weight excluding hydrogens is 258 g/mol. The molecular formula is C13H23N5S. The average molecular weight is 281 g/mol. The Morgan fingerprint density at radius 1 is 1.37 bits per heavy atom. The highest BCUT2D eigenvalue weighted by molar-refractivity contribution is 7.98. The topological polar surface area (TPSA) is 44.3 Å². The van der Waals surface area contributed by atoms with Crippen LogP contribution in [0.25, 0.3) is 0 Å². The van der Waals surface area contributed by atoms with E-state index in [4.69, 9.17) is 0 Å². The van der Waals surface area contributed by atoms with Crippen LogP contribution in [0.1, 0.15) is 12.8 Å². The predicted molar refractivity (Wildman–Crippen MR) is 82.3 cm³/mol. The standard InChI is InChI=1S/C13H23N5S/c1-14-11-9-12(16-13(15-11)19-4)18(3)10-5-7-17(2)8-6-10/h9-10H,5-8H2,1-4H3,(H,14,15,16). The Hall–Kier alpha value is -1.01. The lowest BCUT2D eigenvalue weighted by atomic mass is 10.0. The average Bonchev–Trinajstić information content (AvgIpc) is 2.46. The lowest BCUT2D eigenvalue weighted by Crippen LogP contribution is -2.42. The Morgan fingerprint density at radius 3 is 2.63 bits per heavy atom. The van der Waals surface area contributed by atoms with Crippen molar-refractivity contribution in [3.8, 4) is 0 Å². The Morgan fingerprint density at radius 2 is 2.05 bits per heavy atom. The van der Waals surface area contributed by atoms with Gasteiger partial charge in [0.2, 0.25) is 0 Å². The second kappa shape index (κ2) is 6.43. The van der Waals surface area contributed by atoms with Crippen molar-refractivity contribution in [2.24, 2.45) is 0 Å². The summed E-state index contributed by atoms with van der Waals surface area (Å²) in [5.41, 5.74) is 0.